The van der Waals surface area contributed by atoms with Crippen LogP contribution < -0.4 is 14.2 Å². The van der Waals surface area contributed by atoms with E-state index in [1.54, 1.807) is 18.4 Å². The predicted molar refractivity (Wildman–Crippen MR) is 169 cm³/mol. The van der Waals surface area contributed by atoms with E-state index in [0.717, 1.165) is 39.0 Å². The molecule has 1 atom stereocenters. The molecule has 1 heterocycles. The lowest BCUT2D eigenvalue weighted by Gasteiger charge is -2.24. The number of azo groups is 1. The highest BCUT2D eigenvalue weighted by Gasteiger charge is 2.30. The van der Waals surface area contributed by atoms with E-state index in [0.29, 0.717) is 25.6 Å². The van der Waals surface area contributed by atoms with Crippen LogP contribution in [0.15, 0.2) is 52.7 Å². The summed E-state index contributed by atoms with van der Waals surface area (Å²) in [6.07, 6.45) is 1.71. The zero-order valence-electron chi connectivity index (χ0n) is 26.5. The first-order chi connectivity index (χ1) is 20.6. The molecule has 0 amide bonds. The van der Waals surface area contributed by atoms with Crippen molar-refractivity contribution < 1.29 is 41.3 Å². The molecular weight excluding hydrogens is 608 g/mol. The van der Waals surface area contributed by atoms with E-state index in [1.807, 2.05) is 74.9 Å². The molecule has 1 aromatic heterocycles. The highest BCUT2D eigenvalue weighted by atomic mass is 32.2. The van der Waals surface area contributed by atoms with Crippen molar-refractivity contribution in [2.45, 2.75) is 40.5 Å². The molecule has 0 aliphatic carbocycles. The number of anilines is 1. The molecule has 0 radical (unpaired) electrons. The lowest BCUT2D eigenvalue weighted by atomic mass is 9.85. The summed E-state index contributed by atoms with van der Waals surface area (Å²) < 4.78 is 46.0. The Balaban J connectivity index is 0.00000125. The number of ether oxygens (including phenoxy) is 3. The van der Waals surface area contributed by atoms with Crippen LogP contribution in [0.3, 0.4) is 0 Å². The van der Waals surface area contributed by atoms with Gasteiger partial charge in [0.2, 0.25) is 0 Å². The van der Waals surface area contributed by atoms with E-state index in [-0.39, 0.29) is 24.5 Å². The number of fused-ring (bicyclic) bond motifs is 1. The molecule has 1 unspecified atom stereocenters. The van der Waals surface area contributed by atoms with Crippen molar-refractivity contribution in [1.82, 2.24) is 0 Å². The Kier molecular flexibility index (Phi) is 13.7. The van der Waals surface area contributed by atoms with Crippen molar-refractivity contribution in [3.8, 4) is 5.75 Å². The first-order valence-corrected chi connectivity index (χ1v) is 16.6. The van der Waals surface area contributed by atoms with E-state index < -0.39 is 15.5 Å². The maximum absolute atomic E-state index is 12.5. The molecule has 3 aromatic rings. The van der Waals surface area contributed by atoms with Gasteiger partial charge in [0.1, 0.15) is 23.6 Å². The Morgan fingerprint density at radius 2 is 1.75 bits per heavy atom. The van der Waals surface area contributed by atoms with Gasteiger partial charge in [-0.1, -0.05) is 6.92 Å². The molecule has 0 saturated carbocycles. The highest BCUT2D eigenvalue weighted by Crippen LogP contribution is 2.30. The quantitative estimate of drug-likeness (QED) is 0.104. The standard InChI is InChI=1S/C29H39N4O5S.CH4O3S/c1-8-33(17-18-38-26(34)20(2)15-16-29(3,4)27(35)37-7)22-11-9-21(10-12-22)30-31-28-32(5)24-14-13-23(36-6)19-25(24)39-28;1-5(2,3)4/h9-14,19-20H,8,15-18H2,1-7H3;1H3,(H,2,3,4)/q+1;/p-1. The van der Waals surface area contributed by atoms with Crippen LogP contribution in [0.1, 0.15) is 40.5 Å². The number of benzene rings is 2. The van der Waals surface area contributed by atoms with Gasteiger partial charge >= 0.3 is 17.1 Å². The number of rotatable bonds is 13. The first kappa shape index (κ1) is 36.6. The highest BCUT2D eigenvalue weighted by molar-refractivity contribution is 7.84. The maximum atomic E-state index is 12.5. The average Bonchev–Trinajstić information content (AvgIpc) is 3.30. The van der Waals surface area contributed by atoms with Crippen molar-refractivity contribution in [1.29, 1.82) is 0 Å². The number of carbonyl (C=O) groups excluding carboxylic acids is 2. The number of likely N-dealkylation sites (N-methyl/N-ethyl adjacent to an activating group) is 1. The van der Waals surface area contributed by atoms with Crippen LogP contribution in [-0.2, 0) is 36.2 Å². The van der Waals surface area contributed by atoms with Crippen molar-refractivity contribution in [3.05, 3.63) is 42.5 Å². The number of aromatic nitrogens is 1. The molecule has 2 aromatic carbocycles. The Hall–Kier alpha value is -3.62. The third-order valence-electron chi connectivity index (χ3n) is 6.81. The summed E-state index contributed by atoms with van der Waals surface area (Å²) >= 11 is 1.56. The molecule has 0 saturated heterocycles. The third kappa shape index (κ3) is 11.5. The van der Waals surface area contributed by atoms with Crippen LogP contribution >= 0.6 is 11.3 Å². The summed E-state index contributed by atoms with van der Waals surface area (Å²) in [5, 5.41) is 9.68. The third-order valence-corrected chi connectivity index (χ3v) is 7.90. The summed E-state index contributed by atoms with van der Waals surface area (Å²) in [5.74, 6) is -0.00844. The smallest absolute Gasteiger partial charge is 0.409 e. The Labute approximate surface area is 263 Å². The summed E-state index contributed by atoms with van der Waals surface area (Å²) in [4.78, 5) is 26.5. The fourth-order valence-electron chi connectivity index (χ4n) is 4.11. The summed E-state index contributed by atoms with van der Waals surface area (Å²) in [5.41, 5.74) is 2.21. The van der Waals surface area contributed by atoms with Gasteiger partial charge in [-0.2, -0.15) is 0 Å². The Morgan fingerprint density at radius 1 is 1.11 bits per heavy atom. The minimum atomic E-state index is -3.92. The van der Waals surface area contributed by atoms with Gasteiger partial charge in [0, 0.05) is 24.6 Å². The fraction of sp³-hybridized carbons (Fsp3) is 0.500. The van der Waals surface area contributed by atoms with Crippen LogP contribution in [0, 0.1) is 11.3 Å². The van der Waals surface area contributed by atoms with E-state index in [9.17, 15) is 9.59 Å². The van der Waals surface area contributed by atoms with Gasteiger partial charge in [-0.25, -0.2) is 13.0 Å². The molecule has 3 rings (SSSR count). The van der Waals surface area contributed by atoms with Gasteiger partial charge in [0.25, 0.3) is 0 Å². The number of hydrogen-bond acceptors (Lipinski definition) is 12. The first-order valence-electron chi connectivity index (χ1n) is 14.0. The van der Waals surface area contributed by atoms with Crippen LogP contribution in [0.4, 0.5) is 16.5 Å². The maximum Gasteiger partial charge on any atom is 0.409 e. The normalized spacial score (nSPS) is 12.4. The topological polar surface area (TPSA) is 151 Å². The van der Waals surface area contributed by atoms with E-state index in [2.05, 4.69) is 22.1 Å². The predicted octanol–water partition coefficient (Wildman–Crippen LogP) is 5.30. The van der Waals surface area contributed by atoms with Gasteiger partial charge in [0.05, 0.1) is 59.1 Å². The second-order valence-electron chi connectivity index (χ2n) is 10.8. The van der Waals surface area contributed by atoms with Crippen LogP contribution in [0.25, 0.3) is 10.2 Å². The largest absolute Gasteiger partial charge is 0.748 e. The fourth-order valence-corrected chi connectivity index (χ4v) is 5.11. The van der Waals surface area contributed by atoms with Crippen molar-refractivity contribution in [2.24, 2.45) is 28.6 Å². The second kappa shape index (κ2) is 16.5. The molecule has 14 heteroatoms. The van der Waals surface area contributed by atoms with E-state index >= 15 is 0 Å². The molecule has 12 nitrogen and oxygen atoms in total. The minimum absolute atomic E-state index is 0.254. The number of esters is 2. The van der Waals surface area contributed by atoms with Gasteiger partial charge in [-0.05, 0) is 86.5 Å². The number of thiazole rings is 1. The van der Waals surface area contributed by atoms with Gasteiger partial charge in [-0.3, -0.25) is 9.59 Å². The Morgan fingerprint density at radius 3 is 2.32 bits per heavy atom. The van der Waals surface area contributed by atoms with E-state index in [4.69, 9.17) is 27.2 Å². The van der Waals surface area contributed by atoms with Crippen molar-refractivity contribution in [2.75, 3.05) is 45.1 Å². The average molecular weight is 651 g/mol. The lowest BCUT2D eigenvalue weighted by molar-refractivity contribution is -0.627. The number of hydrogen-bond donors (Lipinski definition) is 0. The summed E-state index contributed by atoms with van der Waals surface area (Å²) in [6, 6.07) is 13.8. The molecule has 0 N–H and O–H groups in total. The van der Waals surface area contributed by atoms with Crippen molar-refractivity contribution >= 4 is 60.1 Å². The van der Waals surface area contributed by atoms with Crippen LogP contribution in [0.2, 0.25) is 0 Å². The number of aryl methyl sites for hydroxylation is 1. The summed E-state index contributed by atoms with van der Waals surface area (Å²) in [7, 11) is 1.09. The molecule has 0 aliphatic heterocycles. The molecule has 0 aliphatic rings. The zero-order chi connectivity index (χ0) is 33.1. The van der Waals surface area contributed by atoms with Gasteiger partial charge < -0.3 is 23.7 Å². The lowest BCUT2D eigenvalue weighted by Crippen LogP contribution is -2.30. The molecule has 0 spiro atoms. The Bertz CT molecular complexity index is 1530. The molecular formula is C30H42N4O8S2. The summed E-state index contributed by atoms with van der Waals surface area (Å²) in [6.45, 7) is 9.16. The molecule has 0 bridgehead atoms. The van der Waals surface area contributed by atoms with Crippen molar-refractivity contribution in [3.63, 3.8) is 0 Å². The molecule has 242 valence electrons. The number of carbonyl (C=O) groups is 2. The van der Waals surface area contributed by atoms with Crippen LogP contribution in [0.5, 0.6) is 5.75 Å². The zero-order valence-corrected chi connectivity index (χ0v) is 28.2. The number of methoxy groups -OCH3 is 2. The number of nitrogens with zero attached hydrogens (tertiary/aromatic N) is 4. The monoisotopic (exact) mass is 650 g/mol. The van der Waals surface area contributed by atoms with Gasteiger partial charge in [-0.15, -0.1) is 0 Å². The molecule has 44 heavy (non-hydrogen) atoms. The molecule has 0 fully saturated rings. The SMILES string of the molecule is CCN(CCOC(=O)C(C)CCC(C)(C)C(=O)OC)c1ccc(N=Nc2sc3cc(OC)ccc3[n+]2C)cc1.CS(=O)(=O)[O-]. The van der Waals surface area contributed by atoms with E-state index in [1.165, 1.54) is 7.11 Å². The minimum Gasteiger partial charge on any atom is -0.748 e. The van der Waals surface area contributed by atoms with Gasteiger partial charge in [0.15, 0.2) is 0 Å². The van der Waals surface area contributed by atoms with Crippen LogP contribution in [-0.4, -0.2) is 65.1 Å². The second-order valence-corrected chi connectivity index (χ2v) is 13.2.